The predicted molar refractivity (Wildman–Crippen MR) is 77.2 cm³/mol. The molecule has 0 spiro atoms. The maximum atomic E-state index is 6.06. The first-order valence-corrected chi connectivity index (χ1v) is 7.90. The van der Waals surface area contributed by atoms with Gasteiger partial charge in [0, 0.05) is 29.8 Å². The minimum absolute atomic E-state index is 0.351. The number of para-hydroxylation sites is 1. The second-order valence-electron chi connectivity index (χ2n) is 6.40. The smallest absolute Gasteiger partial charge is 0.0893 e. The quantitative estimate of drug-likeness (QED) is 0.816. The van der Waals surface area contributed by atoms with Crippen LogP contribution in [0.4, 0.5) is 5.69 Å². The lowest BCUT2D eigenvalue weighted by molar-refractivity contribution is 0.0732. The Kier molecular flexibility index (Phi) is 2.99. The van der Waals surface area contributed by atoms with E-state index >= 15 is 0 Å². The lowest BCUT2D eigenvalue weighted by Crippen LogP contribution is -2.42. The molecule has 0 radical (unpaired) electrons. The Labute approximate surface area is 115 Å². The van der Waals surface area contributed by atoms with Gasteiger partial charge in [-0.25, -0.2) is 0 Å². The molecule has 1 aromatic rings. The Morgan fingerprint density at radius 2 is 1.84 bits per heavy atom. The van der Waals surface area contributed by atoms with Gasteiger partial charge in [-0.05, 0) is 31.2 Å². The molecule has 1 N–H and O–H groups in total. The Morgan fingerprint density at radius 3 is 2.74 bits per heavy atom. The Morgan fingerprint density at radius 1 is 1.00 bits per heavy atom. The lowest BCUT2D eigenvalue weighted by atomic mass is 9.73. The van der Waals surface area contributed by atoms with Crippen LogP contribution in [0, 0.1) is 11.8 Å². The molecular formula is C17H23NO. The van der Waals surface area contributed by atoms with E-state index in [9.17, 15) is 0 Å². The maximum Gasteiger partial charge on any atom is 0.0893 e. The van der Waals surface area contributed by atoms with Crippen molar-refractivity contribution in [3.05, 3.63) is 29.8 Å². The predicted octanol–water partition coefficient (Wildman–Crippen LogP) is 4.14. The van der Waals surface area contributed by atoms with Crippen molar-refractivity contribution in [1.82, 2.24) is 0 Å². The number of fused-ring (bicyclic) bond motifs is 3. The van der Waals surface area contributed by atoms with Crippen LogP contribution in [0.3, 0.4) is 0 Å². The van der Waals surface area contributed by atoms with E-state index in [1.807, 2.05) is 0 Å². The molecule has 1 saturated heterocycles. The van der Waals surface area contributed by atoms with Gasteiger partial charge in [0.25, 0.3) is 0 Å². The third kappa shape index (κ3) is 1.97. The van der Waals surface area contributed by atoms with Gasteiger partial charge in [0.05, 0.1) is 6.10 Å². The van der Waals surface area contributed by atoms with Gasteiger partial charge in [0.15, 0.2) is 0 Å². The fourth-order valence-electron chi connectivity index (χ4n) is 4.42. The molecule has 2 heterocycles. The number of anilines is 1. The summed E-state index contributed by atoms with van der Waals surface area (Å²) in [5.41, 5.74) is 2.71. The van der Waals surface area contributed by atoms with E-state index in [2.05, 4.69) is 29.6 Å². The molecule has 102 valence electrons. The zero-order valence-corrected chi connectivity index (χ0v) is 11.5. The summed E-state index contributed by atoms with van der Waals surface area (Å²) in [4.78, 5) is 0. The summed E-state index contributed by atoms with van der Waals surface area (Å²) in [6, 6.07) is 9.38. The van der Waals surface area contributed by atoms with Crippen LogP contribution >= 0.6 is 0 Å². The van der Waals surface area contributed by atoms with Gasteiger partial charge in [-0.3, -0.25) is 0 Å². The van der Waals surface area contributed by atoms with Crippen molar-refractivity contribution < 1.29 is 4.74 Å². The molecule has 0 amide bonds. The molecule has 4 rings (SSSR count). The molecule has 2 heteroatoms. The average Bonchev–Trinajstić information content (AvgIpc) is 2.97. The third-order valence-corrected chi connectivity index (χ3v) is 5.35. The molecule has 2 fully saturated rings. The van der Waals surface area contributed by atoms with Gasteiger partial charge in [-0.15, -0.1) is 0 Å². The van der Waals surface area contributed by atoms with Crippen LogP contribution < -0.4 is 5.32 Å². The average molecular weight is 257 g/mol. The van der Waals surface area contributed by atoms with Crippen molar-refractivity contribution in [3.63, 3.8) is 0 Å². The topological polar surface area (TPSA) is 21.3 Å². The molecule has 1 aromatic carbocycles. The zero-order valence-electron chi connectivity index (χ0n) is 11.5. The molecule has 2 nitrogen and oxygen atoms in total. The highest BCUT2D eigenvalue weighted by atomic mass is 16.5. The summed E-state index contributed by atoms with van der Waals surface area (Å²) in [5.74, 6) is 1.55. The van der Waals surface area contributed by atoms with Crippen molar-refractivity contribution in [2.24, 2.45) is 11.8 Å². The second kappa shape index (κ2) is 4.82. The standard InChI is InChI=1S/C17H23NO/c1-2-6-12(7-3-1)16-14-10-11-19-17(14)13-8-4-5-9-15(13)18-16/h4-5,8-9,12,14,16-18H,1-3,6-7,10-11H2/t14-,16-,17+/m1/s1. The Bertz CT molecular complexity index is 452. The summed E-state index contributed by atoms with van der Waals surface area (Å²) in [6.45, 7) is 0.939. The fourth-order valence-corrected chi connectivity index (χ4v) is 4.42. The summed E-state index contributed by atoms with van der Waals surface area (Å²) in [7, 11) is 0. The van der Waals surface area contributed by atoms with E-state index in [1.54, 1.807) is 0 Å². The molecule has 1 saturated carbocycles. The summed E-state index contributed by atoms with van der Waals surface area (Å²) < 4.78 is 6.06. The first-order valence-electron chi connectivity index (χ1n) is 7.90. The Hall–Kier alpha value is -1.02. The summed E-state index contributed by atoms with van der Waals surface area (Å²) >= 11 is 0. The fraction of sp³-hybridized carbons (Fsp3) is 0.647. The molecule has 0 unspecified atom stereocenters. The van der Waals surface area contributed by atoms with Crippen LogP contribution in [0.25, 0.3) is 0 Å². The largest absolute Gasteiger partial charge is 0.381 e. The molecule has 19 heavy (non-hydrogen) atoms. The number of rotatable bonds is 1. The number of nitrogens with one attached hydrogen (secondary N) is 1. The van der Waals surface area contributed by atoms with E-state index in [0.29, 0.717) is 18.1 Å². The van der Waals surface area contributed by atoms with Crippen LogP contribution in [-0.4, -0.2) is 12.6 Å². The van der Waals surface area contributed by atoms with Crippen molar-refractivity contribution in [3.8, 4) is 0 Å². The van der Waals surface area contributed by atoms with E-state index < -0.39 is 0 Å². The minimum atomic E-state index is 0.351. The first kappa shape index (κ1) is 11.8. The van der Waals surface area contributed by atoms with Crippen molar-refractivity contribution in [2.45, 2.75) is 50.7 Å². The second-order valence-corrected chi connectivity index (χ2v) is 6.40. The van der Waals surface area contributed by atoms with Crippen molar-refractivity contribution >= 4 is 5.69 Å². The lowest BCUT2D eigenvalue weighted by Gasteiger charge is -2.41. The van der Waals surface area contributed by atoms with Gasteiger partial charge < -0.3 is 10.1 Å². The van der Waals surface area contributed by atoms with Crippen LogP contribution in [0.2, 0.25) is 0 Å². The molecule has 1 aliphatic carbocycles. The third-order valence-electron chi connectivity index (χ3n) is 5.35. The van der Waals surface area contributed by atoms with Crippen LogP contribution in [0.1, 0.15) is 50.2 Å². The molecule has 0 bridgehead atoms. The number of ether oxygens (including phenoxy) is 1. The van der Waals surface area contributed by atoms with Gasteiger partial charge in [-0.2, -0.15) is 0 Å². The van der Waals surface area contributed by atoms with Gasteiger partial charge in [0.2, 0.25) is 0 Å². The highest BCUT2D eigenvalue weighted by Crippen LogP contribution is 2.48. The van der Waals surface area contributed by atoms with Crippen molar-refractivity contribution in [2.75, 3.05) is 11.9 Å². The first-order chi connectivity index (χ1) is 9.43. The maximum absolute atomic E-state index is 6.06. The molecule has 3 atom stereocenters. The Balaban J connectivity index is 1.66. The number of benzene rings is 1. The van der Waals surface area contributed by atoms with E-state index in [0.717, 1.165) is 12.5 Å². The van der Waals surface area contributed by atoms with Gasteiger partial charge in [-0.1, -0.05) is 37.5 Å². The zero-order chi connectivity index (χ0) is 12.7. The number of hydrogen-bond donors (Lipinski definition) is 1. The summed E-state index contributed by atoms with van der Waals surface area (Å²) in [5, 5.41) is 3.86. The van der Waals surface area contributed by atoms with Crippen LogP contribution in [-0.2, 0) is 4.74 Å². The SMILES string of the molecule is c1ccc2c(c1)N[C@H](C1CCCCC1)[C@H]1CCO[C@@H]21. The van der Waals surface area contributed by atoms with Crippen LogP contribution in [0.15, 0.2) is 24.3 Å². The highest BCUT2D eigenvalue weighted by molar-refractivity contribution is 5.56. The molecule has 0 aromatic heterocycles. The number of hydrogen-bond acceptors (Lipinski definition) is 2. The van der Waals surface area contributed by atoms with E-state index in [-0.39, 0.29) is 0 Å². The molecular weight excluding hydrogens is 234 g/mol. The summed E-state index contributed by atoms with van der Waals surface area (Å²) in [6.07, 6.45) is 8.67. The van der Waals surface area contributed by atoms with E-state index in [1.165, 1.54) is 49.8 Å². The van der Waals surface area contributed by atoms with Gasteiger partial charge in [0.1, 0.15) is 0 Å². The monoisotopic (exact) mass is 257 g/mol. The molecule has 3 aliphatic rings. The van der Waals surface area contributed by atoms with Crippen LogP contribution in [0.5, 0.6) is 0 Å². The van der Waals surface area contributed by atoms with E-state index in [4.69, 9.17) is 4.74 Å². The molecule has 2 aliphatic heterocycles. The van der Waals surface area contributed by atoms with Gasteiger partial charge >= 0.3 is 0 Å². The normalized spacial score (nSPS) is 34.4. The highest BCUT2D eigenvalue weighted by Gasteiger charge is 2.43. The van der Waals surface area contributed by atoms with Crippen molar-refractivity contribution in [1.29, 1.82) is 0 Å². The minimum Gasteiger partial charge on any atom is -0.381 e.